The summed E-state index contributed by atoms with van der Waals surface area (Å²) in [6.07, 6.45) is 0. The molecular formula is C96H65B3N6O3. The molecule has 0 amide bonds. The molecule has 0 bridgehead atoms. The molecule has 0 radical (unpaired) electrons. The van der Waals surface area contributed by atoms with Gasteiger partial charge >= 0.3 is 0 Å². The van der Waals surface area contributed by atoms with Crippen molar-refractivity contribution in [1.29, 1.82) is 0 Å². The van der Waals surface area contributed by atoms with E-state index in [1.807, 2.05) is 0 Å². The Morgan fingerprint density at radius 3 is 1.01 bits per heavy atom. The summed E-state index contributed by atoms with van der Waals surface area (Å²) in [7, 11) is 0. The molecule has 12 heteroatoms. The zero-order valence-corrected chi connectivity index (χ0v) is 60.3. The summed E-state index contributed by atoms with van der Waals surface area (Å²) in [6, 6.07) is 104. The normalized spacial score (nSPS) is 13.7. The van der Waals surface area contributed by atoms with E-state index in [9.17, 15) is 0 Å². The van der Waals surface area contributed by atoms with Crippen LogP contribution in [-0.2, 0) is 0 Å². The molecule has 506 valence electrons. The fraction of sp³-hybridized carbons (Fsp3) is 0.0625. The second kappa shape index (κ2) is 21.7. The van der Waals surface area contributed by atoms with E-state index in [4.69, 9.17) is 14.2 Å². The first kappa shape index (κ1) is 60.0. The van der Waals surface area contributed by atoms with Gasteiger partial charge in [-0.25, -0.2) is 0 Å². The summed E-state index contributed by atoms with van der Waals surface area (Å²) in [5.41, 5.74) is 36.0. The molecule has 24 rings (SSSR count). The molecule has 15 aromatic carbocycles. The number of benzene rings is 15. The Balaban J connectivity index is 0.802. The van der Waals surface area contributed by atoms with E-state index in [1.54, 1.807) is 0 Å². The Labute approximate surface area is 624 Å². The van der Waals surface area contributed by atoms with E-state index in [0.29, 0.717) is 0 Å². The van der Waals surface area contributed by atoms with Gasteiger partial charge in [-0.05, 0) is 186 Å². The highest BCUT2D eigenvalue weighted by Gasteiger charge is 2.50. The third-order valence-corrected chi connectivity index (χ3v) is 24.4. The molecule has 6 aliphatic rings. The number of hydrogen-bond donors (Lipinski definition) is 1. The van der Waals surface area contributed by atoms with Crippen molar-refractivity contribution in [2.75, 3.05) is 15.1 Å². The van der Waals surface area contributed by atoms with Gasteiger partial charge in [0.2, 0.25) is 0 Å². The van der Waals surface area contributed by atoms with Crippen LogP contribution in [0.4, 0.5) is 45.5 Å². The van der Waals surface area contributed by atoms with Crippen molar-refractivity contribution in [3.05, 3.63) is 312 Å². The Morgan fingerprint density at radius 1 is 0.250 bits per heavy atom. The van der Waals surface area contributed by atoms with Crippen LogP contribution in [0, 0.1) is 41.5 Å². The van der Waals surface area contributed by atoms with Crippen LogP contribution in [-0.4, -0.2) is 33.8 Å². The predicted molar refractivity (Wildman–Crippen MR) is 450 cm³/mol. The van der Waals surface area contributed by atoms with Crippen LogP contribution in [0.2, 0.25) is 0 Å². The number of hydrogen-bond acceptors (Lipinski definition) is 6. The summed E-state index contributed by atoms with van der Waals surface area (Å²) in [5, 5.41) is 11.4. The minimum absolute atomic E-state index is 0.193. The standard InChI is InChI=1S/C96H65B3N6O3/c1-53-39-55(3)95(56(4)40-53)104-82-51-74-70(97-68-29-13-21-37-86(68)106-89-46-59(43-75(100-74)92(89)97)101-76-31-15-7-23-62(76)63-24-8-16-32-77(63)101)49-71(82)99-73-50-72-83(52-88(73)108-91-48-61(45-85(104)94(91)99)103-80-35-19-11-27-66(80)67-28-12-20-36-81(67)103)105(96-57(5)41-54(2)42-58(96)6)84-44-60(47-90-93(84)98(72)69-30-14-22-38-87(69)107-90)102-78-33-17-9-25-64(78)65-26-10-18-34-79(65)102/h7-52,100H,1-6H3. The first-order valence-electron chi connectivity index (χ1n) is 37.6. The number of rotatable bonds is 5. The predicted octanol–water partition coefficient (Wildman–Crippen LogP) is 18.3. The summed E-state index contributed by atoms with van der Waals surface area (Å²) in [6.45, 7) is 12.8. The van der Waals surface area contributed by atoms with Crippen molar-refractivity contribution >= 4 is 180 Å². The lowest BCUT2D eigenvalue weighted by atomic mass is 9.29. The number of para-hydroxylation sites is 8. The van der Waals surface area contributed by atoms with Crippen LogP contribution in [0.3, 0.4) is 0 Å². The minimum Gasteiger partial charge on any atom is -0.458 e. The van der Waals surface area contributed by atoms with Crippen molar-refractivity contribution in [1.82, 2.24) is 13.7 Å². The molecule has 9 nitrogen and oxygen atoms in total. The van der Waals surface area contributed by atoms with Crippen molar-refractivity contribution in [2.45, 2.75) is 41.5 Å². The van der Waals surface area contributed by atoms with Crippen molar-refractivity contribution in [3.8, 4) is 51.6 Å². The Hall–Kier alpha value is -13.3. The molecule has 18 aromatic rings. The third-order valence-electron chi connectivity index (χ3n) is 24.4. The van der Waals surface area contributed by atoms with Gasteiger partial charge in [-0.15, -0.1) is 0 Å². The molecule has 0 spiro atoms. The van der Waals surface area contributed by atoms with Crippen LogP contribution in [0.5, 0.6) is 34.5 Å². The molecule has 1 N–H and O–H groups in total. The maximum Gasteiger partial charge on any atom is 0.256 e. The average Bonchev–Trinajstić information content (AvgIpc) is 0.935. The van der Waals surface area contributed by atoms with E-state index < -0.39 is 0 Å². The Morgan fingerprint density at radius 2 is 0.583 bits per heavy atom. The maximum atomic E-state index is 8.08. The van der Waals surface area contributed by atoms with Crippen molar-refractivity contribution in [2.24, 2.45) is 0 Å². The third kappa shape index (κ3) is 8.07. The number of ether oxygens (including phenoxy) is 3. The van der Waals surface area contributed by atoms with E-state index in [-0.39, 0.29) is 20.1 Å². The summed E-state index contributed by atoms with van der Waals surface area (Å²) in [4.78, 5) is 5.17. The van der Waals surface area contributed by atoms with Gasteiger partial charge in [-0.3, -0.25) is 0 Å². The van der Waals surface area contributed by atoms with Gasteiger partial charge in [0, 0.05) is 90.7 Å². The molecule has 0 aliphatic carbocycles. The largest absolute Gasteiger partial charge is 0.458 e. The van der Waals surface area contributed by atoms with Gasteiger partial charge in [0.05, 0.1) is 61.5 Å². The number of nitrogens with one attached hydrogen (secondary N) is 1. The van der Waals surface area contributed by atoms with Gasteiger partial charge in [-0.2, -0.15) is 0 Å². The molecule has 0 fully saturated rings. The Kier molecular flexibility index (Phi) is 12.0. The molecule has 3 aromatic heterocycles. The van der Waals surface area contributed by atoms with Crippen LogP contribution in [0.25, 0.3) is 82.5 Å². The number of nitrogens with zero attached hydrogens (tertiary/aromatic N) is 5. The van der Waals surface area contributed by atoms with Gasteiger partial charge < -0.3 is 43.0 Å². The van der Waals surface area contributed by atoms with Crippen molar-refractivity contribution < 1.29 is 14.2 Å². The van der Waals surface area contributed by atoms with Crippen molar-refractivity contribution in [3.63, 3.8) is 0 Å². The van der Waals surface area contributed by atoms with E-state index in [2.05, 4.69) is 349 Å². The molecule has 9 heterocycles. The van der Waals surface area contributed by atoms with E-state index >= 15 is 0 Å². The van der Waals surface area contributed by atoms with Crippen LogP contribution in [0.15, 0.2) is 279 Å². The summed E-state index contributed by atoms with van der Waals surface area (Å²) < 4.78 is 30.0. The summed E-state index contributed by atoms with van der Waals surface area (Å²) >= 11 is 0. The molecule has 0 saturated heterocycles. The first-order chi connectivity index (χ1) is 53.0. The zero-order valence-electron chi connectivity index (χ0n) is 60.3. The highest BCUT2D eigenvalue weighted by Crippen LogP contribution is 2.51. The second-order valence-electron chi connectivity index (χ2n) is 30.7. The number of fused-ring (bicyclic) bond motifs is 21. The fourth-order valence-corrected chi connectivity index (χ4v) is 20.5. The molecule has 0 atom stereocenters. The monoisotopic (exact) mass is 1380 g/mol. The second-order valence-corrected chi connectivity index (χ2v) is 30.7. The summed E-state index contributed by atoms with van der Waals surface area (Å²) in [5.74, 6) is 5.01. The lowest BCUT2D eigenvalue weighted by Gasteiger charge is -2.44. The van der Waals surface area contributed by atoms with Crippen LogP contribution >= 0.6 is 0 Å². The number of aromatic nitrogens is 3. The molecular weight excluding hydrogens is 1320 g/mol. The number of anilines is 8. The van der Waals surface area contributed by atoms with Gasteiger partial charge in [-0.1, -0.05) is 193 Å². The molecule has 0 saturated carbocycles. The first-order valence-corrected chi connectivity index (χ1v) is 37.6. The molecule has 6 aliphatic heterocycles. The smallest absolute Gasteiger partial charge is 0.256 e. The van der Waals surface area contributed by atoms with Gasteiger partial charge in [0.1, 0.15) is 34.5 Å². The van der Waals surface area contributed by atoms with Gasteiger partial charge in [0.25, 0.3) is 20.1 Å². The average molecular weight is 1380 g/mol. The quantitative estimate of drug-likeness (QED) is 0.173. The van der Waals surface area contributed by atoms with Crippen LogP contribution in [0.1, 0.15) is 33.4 Å². The lowest BCUT2D eigenvalue weighted by Crippen LogP contribution is -2.65. The lowest BCUT2D eigenvalue weighted by molar-refractivity contribution is 0.486. The molecule has 0 unspecified atom stereocenters. The van der Waals surface area contributed by atoms with E-state index in [0.717, 1.165) is 163 Å². The molecule has 108 heavy (non-hydrogen) atoms. The Bertz CT molecular complexity index is 6960. The van der Waals surface area contributed by atoms with Gasteiger partial charge in [0.15, 0.2) is 0 Å². The highest BCUT2D eigenvalue weighted by atomic mass is 16.5. The minimum atomic E-state index is -0.336. The van der Waals surface area contributed by atoms with E-state index in [1.165, 1.54) is 82.1 Å². The SMILES string of the molecule is Cc1cc(C)c(N2c3cc4c(cc3B3c5cc6c(cc5Oc5cc(-n7c8ccccc8c8ccccc87)cc2c53)N(c2c(C)cc(C)cc2C)c2cc(-n3c5ccccc5c5ccccc53)cc3c2B6c2ccccc2O3)B2c3ccccc3Oc3cc(-n5c6ccccc6c6ccccc65)cc(c32)N4)c(C)c1. The fourth-order valence-electron chi connectivity index (χ4n) is 20.5. The highest BCUT2D eigenvalue weighted by molar-refractivity contribution is 7.03. The topological polar surface area (TPSA) is 61.0 Å². The zero-order chi connectivity index (χ0) is 71.4. The number of aryl methyl sites for hydroxylation is 6. The van der Waals surface area contributed by atoms with Crippen LogP contribution < -0.4 is 78.5 Å². The maximum absolute atomic E-state index is 8.08.